The molecule has 1 aromatic heterocycles. The first-order valence-corrected chi connectivity index (χ1v) is 6.22. The van der Waals surface area contributed by atoms with Gasteiger partial charge in [0.1, 0.15) is 5.82 Å². The minimum atomic E-state index is 0.191. The molecule has 1 N–H and O–H groups in total. The van der Waals surface area contributed by atoms with Crippen molar-refractivity contribution < 1.29 is 0 Å². The quantitative estimate of drug-likeness (QED) is 0.771. The molecule has 0 spiro atoms. The molecule has 0 amide bonds. The number of hydrogen-bond donors (Lipinski definition) is 1. The van der Waals surface area contributed by atoms with Crippen LogP contribution in [0, 0.1) is 6.92 Å². The van der Waals surface area contributed by atoms with Gasteiger partial charge in [-0.2, -0.15) is 9.97 Å². The average molecular weight is 271 g/mol. The SMILES string of the molecule is Cc1nc(Cl)nc(Nc2ccc3ccccc3c2)n1. The molecule has 94 valence electrons. The highest BCUT2D eigenvalue weighted by Gasteiger charge is 2.03. The van der Waals surface area contributed by atoms with Crippen LogP contribution in [0.5, 0.6) is 0 Å². The lowest BCUT2D eigenvalue weighted by Crippen LogP contribution is -2.00. The van der Waals surface area contributed by atoms with Crippen LogP contribution in [-0.4, -0.2) is 15.0 Å². The minimum absolute atomic E-state index is 0.191. The normalized spacial score (nSPS) is 10.6. The first kappa shape index (κ1) is 11.9. The number of nitrogens with one attached hydrogen (secondary N) is 1. The van der Waals surface area contributed by atoms with Gasteiger partial charge in [-0.05, 0) is 41.4 Å². The summed E-state index contributed by atoms with van der Waals surface area (Å²) < 4.78 is 0. The lowest BCUT2D eigenvalue weighted by Gasteiger charge is -2.06. The van der Waals surface area contributed by atoms with E-state index in [0.29, 0.717) is 11.8 Å². The molecule has 0 unspecified atom stereocenters. The van der Waals surface area contributed by atoms with Crippen molar-refractivity contribution in [3.05, 3.63) is 53.6 Å². The number of nitrogens with zero attached hydrogens (tertiary/aromatic N) is 3. The standard InChI is InChI=1S/C14H11ClN4/c1-9-16-13(15)19-14(17-9)18-12-7-6-10-4-2-3-5-11(10)8-12/h2-8H,1H3,(H,16,17,18,19). The van der Waals surface area contributed by atoms with Gasteiger partial charge in [0.25, 0.3) is 0 Å². The minimum Gasteiger partial charge on any atom is -0.324 e. The fourth-order valence-electron chi connectivity index (χ4n) is 1.90. The molecule has 3 aromatic rings. The summed E-state index contributed by atoms with van der Waals surface area (Å²) in [4.78, 5) is 12.2. The molecular weight excluding hydrogens is 260 g/mol. The van der Waals surface area contributed by atoms with Crippen LogP contribution in [0.2, 0.25) is 5.28 Å². The van der Waals surface area contributed by atoms with Gasteiger partial charge in [0, 0.05) is 5.69 Å². The third-order valence-corrected chi connectivity index (χ3v) is 2.89. The molecule has 0 radical (unpaired) electrons. The van der Waals surface area contributed by atoms with Gasteiger partial charge < -0.3 is 5.32 Å². The maximum Gasteiger partial charge on any atom is 0.231 e. The van der Waals surface area contributed by atoms with Crippen molar-refractivity contribution >= 4 is 34.0 Å². The van der Waals surface area contributed by atoms with E-state index in [2.05, 4.69) is 32.4 Å². The Morgan fingerprint density at radius 2 is 1.74 bits per heavy atom. The van der Waals surface area contributed by atoms with Crippen LogP contribution in [0.4, 0.5) is 11.6 Å². The highest BCUT2D eigenvalue weighted by Crippen LogP contribution is 2.21. The molecule has 0 saturated carbocycles. The van der Waals surface area contributed by atoms with Crippen molar-refractivity contribution in [1.29, 1.82) is 0 Å². The Balaban J connectivity index is 1.96. The highest BCUT2D eigenvalue weighted by molar-refractivity contribution is 6.28. The summed E-state index contributed by atoms with van der Waals surface area (Å²) in [5.74, 6) is 1.04. The largest absolute Gasteiger partial charge is 0.324 e. The van der Waals surface area contributed by atoms with E-state index in [-0.39, 0.29) is 5.28 Å². The van der Waals surface area contributed by atoms with Crippen LogP contribution in [0.15, 0.2) is 42.5 Å². The smallest absolute Gasteiger partial charge is 0.231 e. The second-order valence-corrected chi connectivity index (χ2v) is 4.50. The van der Waals surface area contributed by atoms with Gasteiger partial charge in [-0.3, -0.25) is 0 Å². The Morgan fingerprint density at radius 1 is 0.947 bits per heavy atom. The molecule has 0 saturated heterocycles. The number of anilines is 2. The first-order chi connectivity index (χ1) is 9.20. The van der Waals surface area contributed by atoms with Crippen LogP contribution in [0.1, 0.15) is 5.82 Å². The number of rotatable bonds is 2. The Labute approximate surface area is 115 Å². The van der Waals surface area contributed by atoms with Gasteiger partial charge >= 0.3 is 0 Å². The fraction of sp³-hybridized carbons (Fsp3) is 0.0714. The van der Waals surface area contributed by atoms with Crippen LogP contribution in [0.25, 0.3) is 10.8 Å². The number of fused-ring (bicyclic) bond motifs is 1. The predicted octanol–water partition coefficient (Wildman–Crippen LogP) is 3.73. The Morgan fingerprint density at radius 3 is 2.53 bits per heavy atom. The van der Waals surface area contributed by atoms with E-state index < -0.39 is 0 Å². The second kappa shape index (κ2) is 4.82. The molecule has 0 bridgehead atoms. The highest BCUT2D eigenvalue weighted by atomic mass is 35.5. The zero-order valence-electron chi connectivity index (χ0n) is 10.3. The number of hydrogen-bond acceptors (Lipinski definition) is 4. The lowest BCUT2D eigenvalue weighted by atomic mass is 10.1. The molecular formula is C14H11ClN4. The third kappa shape index (κ3) is 2.63. The van der Waals surface area contributed by atoms with Gasteiger partial charge in [-0.1, -0.05) is 30.3 Å². The molecule has 4 nitrogen and oxygen atoms in total. The molecule has 5 heteroatoms. The summed E-state index contributed by atoms with van der Waals surface area (Å²) >= 11 is 5.81. The third-order valence-electron chi connectivity index (χ3n) is 2.73. The molecule has 0 aliphatic carbocycles. The average Bonchev–Trinajstić information content (AvgIpc) is 2.37. The lowest BCUT2D eigenvalue weighted by molar-refractivity contribution is 0.983. The molecule has 2 aromatic carbocycles. The van der Waals surface area contributed by atoms with Crippen molar-refractivity contribution in [3.8, 4) is 0 Å². The van der Waals surface area contributed by atoms with Gasteiger partial charge in [0.05, 0.1) is 0 Å². The molecule has 0 fully saturated rings. The molecule has 1 heterocycles. The Hall–Kier alpha value is -2.20. The van der Waals surface area contributed by atoms with Crippen molar-refractivity contribution in [3.63, 3.8) is 0 Å². The molecule has 0 aliphatic rings. The number of halogens is 1. The summed E-state index contributed by atoms with van der Waals surface area (Å²) in [6.07, 6.45) is 0. The number of benzene rings is 2. The van der Waals surface area contributed by atoms with Crippen molar-refractivity contribution in [2.75, 3.05) is 5.32 Å². The molecule has 19 heavy (non-hydrogen) atoms. The summed E-state index contributed by atoms with van der Waals surface area (Å²) in [6.45, 7) is 1.78. The van der Waals surface area contributed by atoms with E-state index in [1.165, 1.54) is 5.39 Å². The van der Waals surface area contributed by atoms with E-state index in [1.54, 1.807) is 6.92 Å². The predicted molar refractivity (Wildman–Crippen MR) is 76.8 cm³/mol. The number of aromatic nitrogens is 3. The molecule has 0 aliphatic heterocycles. The van der Waals surface area contributed by atoms with Crippen LogP contribution in [0.3, 0.4) is 0 Å². The van der Waals surface area contributed by atoms with E-state index in [9.17, 15) is 0 Å². The van der Waals surface area contributed by atoms with Crippen LogP contribution in [-0.2, 0) is 0 Å². The van der Waals surface area contributed by atoms with Crippen molar-refractivity contribution in [2.24, 2.45) is 0 Å². The topological polar surface area (TPSA) is 50.7 Å². The zero-order valence-corrected chi connectivity index (χ0v) is 11.0. The van der Waals surface area contributed by atoms with E-state index in [4.69, 9.17) is 11.6 Å². The van der Waals surface area contributed by atoms with Crippen molar-refractivity contribution in [1.82, 2.24) is 15.0 Å². The second-order valence-electron chi connectivity index (χ2n) is 4.16. The van der Waals surface area contributed by atoms with E-state index >= 15 is 0 Å². The Kier molecular flexibility index (Phi) is 3.01. The summed E-state index contributed by atoms with van der Waals surface area (Å²) in [6, 6.07) is 14.2. The van der Waals surface area contributed by atoms with Gasteiger partial charge in [0.15, 0.2) is 0 Å². The van der Waals surface area contributed by atoms with E-state index in [1.807, 2.05) is 30.3 Å². The summed E-state index contributed by atoms with van der Waals surface area (Å²) in [5, 5.41) is 5.67. The summed E-state index contributed by atoms with van der Waals surface area (Å²) in [7, 11) is 0. The first-order valence-electron chi connectivity index (χ1n) is 5.85. The van der Waals surface area contributed by atoms with Gasteiger partial charge in [-0.15, -0.1) is 0 Å². The van der Waals surface area contributed by atoms with Gasteiger partial charge in [-0.25, -0.2) is 4.98 Å². The van der Waals surface area contributed by atoms with Crippen LogP contribution >= 0.6 is 11.6 Å². The zero-order chi connectivity index (χ0) is 13.2. The van der Waals surface area contributed by atoms with E-state index in [0.717, 1.165) is 11.1 Å². The maximum absolute atomic E-state index is 5.81. The van der Waals surface area contributed by atoms with Crippen molar-refractivity contribution in [2.45, 2.75) is 6.92 Å². The monoisotopic (exact) mass is 270 g/mol. The summed E-state index contributed by atoms with van der Waals surface area (Å²) in [5.41, 5.74) is 0.917. The Bertz CT molecular complexity index is 722. The molecule has 3 rings (SSSR count). The van der Waals surface area contributed by atoms with Crippen LogP contribution < -0.4 is 5.32 Å². The maximum atomic E-state index is 5.81. The molecule has 0 atom stereocenters. The fourth-order valence-corrected chi connectivity index (χ4v) is 2.10. The van der Waals surface area contributed by atoms with Gasteiger partial charge in [0.2, 0.25) is 11.2 Å². The number of aryl methyl sites for hydroxylation is 1.